The van der Waals surface area contributed by atoms with Crippen molar-refractivity contribution in [3.05, 3.63) is 28.2 Å². The third kappa shape index (κ3) is 2.45. The molecule has 1 unspecified atom stereocenters. The Balaban J connectivity index is 1.83. The molecule has 3 rings (SSSR count). The summed E-state index contributed by atoms with van der Waals surface area (Å²) in [5, 5.41) is 5.21. The second-order valence-corrected chi connectivity index (χ2v) is 5.59. The van der Waals surface area contributed by atoms with Crippen molar-refractivity contribution in [1.29, 1.82) is 0 Å². The van der Waals surface area contributed by atoms with Crippen LogP contribution in [0.5, 0.6) is 0 Å². The molecule has 17 heavy (non-hydrogen) atoms. The lowest BCUT2D eigenvalue weighted by Crippen LogP contribution is -2.39. The molecule has 3 nitrogen and oxygen atoms in total. The maximum Gasteiger partial charge on any atom is 0.0965 e. The second kappa shape index (κ2) is 4.90. The summed E-state index contributed by atoms with van der Waals surface area (Å²) in [6.07, 6.45) is 1.10. The summed E-state index contributed by atoms with van der Waals surface area (Å²) in [5.74, 6) is 0. The van der Waals surface area contributed by atoms with Crippen molar-refractivity contribution in [2.24, 2.45) is 0 Å². The van der Waals surface area contributed by atoms with Gasteiger partial charge < -0.3 is 10.1 Å². The molecule has 0 bridgehead atoms. The van der Waals surface area contributed by atoms with E-state index in [2.05, 4.69) is 10.3 Å². The lowest BCUT2D eigenvalue weighted by atomic mass is 10.2. The van der Waals surface area contributed by atoms with Gasteiger partial charge in [0.1, 0.15) is 0 Å². The number of halogens is 1. The largest absolute Gasteiger partial charge is 0.375 e. The third-order valence-electron chi connectivity index (χ3n) is 2.82. The fourth-order valence-corrected chi connectivity index (χ4v) is 3.31. The molecule has 1 atom stereocenters. The van der Waals surface area contributed by atoms with Gasteiger partial charge >= 0.3 is 0 Å². The number of nitrogens with zero attached hydrogens (tertiary/aromatic N) is 1. The van der Waals surface area contributed by atoms with Crippen LogP contribution in [-0.4, -0.2) is 30.8 Å². The summed E-state index contributed by atoms with van der Waals surface area (Å²) in [6.45, 7) is 2.64. The highest BCUT2D eigenvalue weighted by Crippen LogP contribution is 2.29. The molecule has 0 radical (unpaired) electrons. The molecule has 0 amide bonds. The number of nitrogens with one attached hydrogen (secondary N) is 1. The molecule has 1 aliphatic rings. The predicted octanol–water partition coefficient (Wildman–Crippen LogP) is 2.48. The first-order valence-corrected chi connectivity index (χ1v) is 6.88. The van der Waals surface area contributed by atoms with Gasteiger partial charge in [0.15, 0.2) is 0 Å². The minimum atomic E-state index is 0.239. The van der Waals surface area contributed by atoms with E-state index in [4.69, 9.17) is 16.3 Å². The van der Waals surface area contributed by atoms with E-state index >= 15 is 0 Å². The topological polar surface area (TPSA) is 34.2 Å². The summed E-state index contributed by atoms with van der Waals surface area (Å²) in [4.78, 5) is 4.59. The Labute approximate surface area is 109 Å². The van der Waals surface area contributed by atoms with Gasteiger partial charge in [0.2, 0.25) is 0 Å². The van der Waals surface area contributed by atoms with E-state index in [-0.39, 0.29) is 6.10 Å². The first-order chi connectivity index (χ1) is 8.33. The van der Waals surface area contributed by atoms with Crippen LogP contribution in [0.2, 0.25) is 5.02 Å². The van der Waals surface area contributed by atoms with Crippen molar-refractivity contribution < 1.29 is 4.74 Å². The maximum atomic E-state index is 6.14. The molecule has 1 aromatic carbocycles. The van der Waals surface area contributed by atoms with Crippen molar-refractivity contribution in [2.45, 2.75) is 12.5 Å². The highest BCUT2D eigenvalue weighted by molar-refractivity contribution is 7.19. The molecule has 0 aliphatic carbocycles. The van der Waals surface area contributed by atoms with E-state index in [1.54, 1.807) is 11.3 Å². The van der Waals surface area contributed by atoms with Gasteiger partial charge in [-0.15, -0.1) is 11.3 Å². The Bertz CT molecular complexity index is 522. The molecule has 0 saturated carbocycles. The second-order valence-electron chi connectivity index (χ2n) is 4.10. The van der Waals surface area contributed by atoms with Crippen molar-refractivity contribution in [1.82, 2.24) is 10.3 Å². The molecule has 1 aromatic heterocycles. The number of ether oxygens (including phenoxy) is 1. The number of fused-ring (bicyclic) bond motifs is 1. The van der Waals surface area contributed by atoms with E-state index in [1.807, 2.05) is 18.2 Å². The van der Waals surface area contributed by atoms with Gasteiger partial charge in [-0.3, -0.25) is 0 Å². The van der Waals surface area contributed by atoms with Crippen LogP contribution < -0.4 is 5.32 Å². The van der Waals surface area contributed by atoms with Crippen molar-refractivity contribution in [3.63, 3.8) is 0 Å². The standard InChI is InChI=1S/C12H13ClN2OS/c13-9-2-1-3-10-12(9)17-11(15-10)6-8-7-14-4-5-16-8/h1-3,8,14H,4-7H2. The zero-order valence-electron chi connectivity index (χ0n) is 9.28. The highest BCUT2D eigenvalue weighted by atomic mass is 35.5. The van der Waals surface area contributed by atoms with Gasteiger partial charge in [-0.25, -0.2) is 4.98 Å². The van der Waals surface area contributed by atoms with Crippen LogP contribution in [0.15, 0.2) is 18.2 Å². The predicted molar refractivity (Wildman–Crippen MR) is 70.9 cm³/mol. The van der Waals surface area contributed by atoms with Crippen molar-refractivity contribution >= 4 is 33.2 Å². The van der Waals surface area contributed by atoms with Gasteiger partial charge in [0.25, 0.3) is 0 Å². The summed E-state index contributed by atoms with van der Waals surface area (Å²) in [6, 6.07) is 5.85. The van der Waals surface area contributed by atoms with E-state index in [1.165, 1.54) is 0 Å². The zero-order chi connectivity index (χ0) is 11.7. The van der Waals surface area contributed by atoms with E-state index in [9.17, 15) is 0 Å². The summed E-state index contributed by atoms with van der Waals surface area (Å²) in [5.41, 5.74) is 0.987. The number of hydrogen-bond donors (Lipinski definition) is 1. The van der Waals surface area contributed by atoms with Crippen LogP contribution in [0.3, 0.4) is 0 Å². The van der Waals surface area contributed by atoms with E-state index in [0.29, 0.717) is 0 Å². The molecule has 1 N–H and O–H groups in total. The van der Waals surface area contributed by atoms with Crippen molar-refractivity contribution in [3.8, 4) is 0 Å². The van der Waals surface area contributed by atoms with Crippen molar-refractivity contribution in [2.75, 3.05) is 19.7 Å². The Morgan fingerprint density at radius 2 is 2.47 bits per heavy atom. The number of rotatable bonds is 2. The quantitative estimate of drug-likeness (QED) is 0.909. The molecule has 5 heteroatoms. The maximum absolute atomic E-state index is 6.14. The van der Waals surface area contributed by atoms with Gasteiger partial charge in [0, 0.05) is 19.5 Å². The first-order valence-electron chi connectivity index (χ1n) is 5.69. The Hall–Kier alpha value is -0.680. The Kier molecular flexibility index (Phi) is 3.29. The number of hydrogen-bond acceptors (Lipinski definition) is 4. The number of benzene rings is 1. The highest BCUT2D eigenvalue weighted by Gasteiger charge is 2.16. The zero-order valence-corrected chi connectivity index (χ0v) is 10.9. The van der Waals surface area contributed by atoms with Crippen LogP contribution in [-0.2, 0) is 11.2 Å². The van der Waals surface area contributed by atoms with Crippen LogP contribution in [0.4, 0.5) is 0 Å². The monoisotopic (exact) mass is 268 g/mol. The van der Waals surface area contributed by atoms with Gasteiger partial charge in [-0.05, 0) is 12.1 Å². The lowest BCUT2D eigenvalue weighted by Gasteiger charge is -2.22. The van der Waals surface area contributed by atoms with Crippen LogP contribution in [0.1, 0.15) is 5.01 Å². The fraction of sp³-hybridized carbons (Fsp3) is 0.417. The number of thiazole rings is 1. The summed E-state index contributed by atoms with van der Waals surface area (Å²) >= 11 is 7.81. The molecule has 2 aromatic rings. The van der Waals surface area contributed by atoms with Crippen LogP contribution >= 0.6 is 22.9 Å². The van der Waals surface area contributed by atoms with Gasteiger partial charge in [0.05, 0.1) is 33.0 Å². The molecule has 1 fully saturated rings. The normalized spacial score (nSPS) is 20.9. The molecule has 1 aliphatic heterocycles. The number of morpholine rings is 1. The molecular formula is C12H13ClN2OS. The van der Waals surface area contributed by atoms with Gasteiger partial charge in [-0.2, -0.15) is 0 Å². The van der Waals surface area contributed by atoms with Gasteiger partial charge in [-0.1, -0.05) is 17.7 Å². The van der Waals surface area contributed by atoms with Crippen LogP contribution in [0, 0.1) is 0 Å². The third-order valence-corrected chi connectivity index (χ3v) is 4.37. The average molecular weight is 269 g/mol. The first kappa shape index (κ1) is 11.4. The molecule has 2 heterocycles. The smallest absolute Gasteiger partial charge is 0.0965 e. The Morgan fingerprint density at radius 1 is 1.53 bits per heavy atom. The average Bonchev–Trinajstić information content (AvgIpc) is 2.74. The summed E-state index contributed by atoms with van der Waals surface area (Å²) < 4.78 is 6.76. The fourth-order valence-electron chi connectivity index (χ4n) is 1.99. The SMILES string of the molecule is Clc1cccc2nc(CC3CNCCO3)sc12. The minimum absolute atomic E-state index is 0.239. The lowest BCUT2D eigenvalue weighted by molar-refractivity contribution is 0.0292. The number of aromatic nitrogens is 1. The molecular weight excluding hydrogens is 256 g/mol. The van der Waals surface area contributed by atoms with E-state index in [0.717, 1.165) is 46.4 Å². The van der Waals surface area contributed by atoms with E-state index < -0.39 is 0 Å². The molecule has 0 spiro atoms. The minimum Gasteiger partial charge on any atom is -0.375 e. The Morgan fingerprint density at radius 3 is 3.24 bits per heavy atom. The van der Waals surface area contributed by atoms with Crippen LogP contribution in [0.25, 0.3) is 10.2 Å². The molecule has 90 valence electrons. The molecule has 1 saturated heterocycles. The summed E-state index contributed by atoms with van der Waals surface area (Å²) in [7, 11) is 0.